The van der Waals surface area contributed by atoms with E-state index >= 15 is 0 Å². The molecule has 2 fully saturated rings. The molecular formula is C18H22N6O4. The number of hydrazone groups is 1. The van der Waals surface area contributed by atoms with Crippen molar-refractivity contribution in [3.05, 3.63) is 35.9 Å². The predicted octanol–water partition coefficient (Wildman–Crippen LogP) is -0.260. The van der Waals surface area contributed by atoms with E-state index in [1.165, 1.54) is 14.8 Å². The minimum absolute atomic E-state index is 0.191. The Kier molecular flexibility index (Phi) is 4.52. The molecule has 10 nitrogen and oxygen atoms in total. The summed E-state index contributed by atoms with van der Waals surface area (Å²) in [5.41, 5.74) is 1.57. The molecule has 2 saturated heterocycles. The summed E-state index contributed by atoms with van der Waals surface area (Å²) in [6, 6.07) is 8.35. The van der Waals surface area contributed by atoms with Gasteiger partial charge in [-0.1, -0.05) is 30.3 Å². The van der Waals surface area contributed by atoms with E-state index in [0.717, 1.165) is 5.56 Å². The van der Waals surface area contributed by atoms with Crippen LogP contribution in [0.1, 0.15) is 12.5 Å². The van der Waals surface area contributed by atoms with Gasteiger partial charge in [0.25, 0.3) is 5.91 Å². The van der Waals surface area contributed by atoms with Crippen LogP contribution in [0.5, 0.6) is 0 Å². The van der Waals surface area contributed by atoms with Crippen molar-refractivity contribution >= 4 is 23.6 Å². The maximum absolute atomic E-state index is 13.3. The number of rotatable bonds is 4. The second kappa shape index (κ2) is 6.88. The third-order valence-electron chi connectivity index (χ3n) is 5.23. The Labute approximate surface area is 162 Å². The molecule has 0 saturated carbocycles. The smallest absolute Gasteiger partial charge is 0.328 e. The highest BCUT2D eigenvalue weighted by atomic mass is 16.4. The van der Waals surface area contributed by atoms with Gasteiger partial charge in [-0.2, -0.15) is 5.10 Å². The number of nitrogens with one attached hydrogen (secondary N) is 1. The number of likely N-dealkylation sites (N-methyl/N-ethyl adjacent to an activating group) is 1. The zero-order valence-corrected chi connectivity index (χ0v) is 15.6. The maximum Gasteiger partial charge on any atom is 0.328 e. The van der Waals surface area contributed by atoms with Crippen LogP contribution in [-0.4, -0.2) is 87.1 Å². The Balaban J connectivity index is 1.63. The number of carbonyl (C=O) groups is 3. The van der Waals surface area contributed by atoms with Crippen LogP contribution in [0.2, 0.25) is 0 Å². The van der Waals surface area contributed by atoms with Crippen LogP contribution in [0.3, 0.4) is 0 Å². The molecule has 148 valence electrons. The molecule has 2 N–H and O–H groups in total. The zero-order valence-electron chi connectivity index (χ0n) is 15.6. The van der Waals surface area contributed by atoms with E-state index in [-0.39, 0.29) is 25.0 Å². The average Bonchev–Trinajstić information content (AvgIpc) is 3.03. The van der Waals surface area contributed by atoms with Gasteiger partial charge in [0.2, 0.25) is 0 Å². The van der Waals surface area contributed by atoms with Gasteiger partial charge in [-0.15, -0.1) is 0 Å². The molecule has 0 aliphatic carbocycles. The summed E-state index contributed by atoms with van der Waals surface area (Å²) in [5, 5.41) is 18.1. The lowest BCUT2D eigenvalue weighted by atomic mass is 10.1. The van der Waals surface area contributed by atoms with Crippen LogP contribution in [0, 0.1) is 0 Å². The standard InChI is InChI=1S/C18H22N6O4/c1-11-8-22-14-15(19-17(22)24(20-11)10-13(25)26)21(2)18(28)23(16(14)27)9-12-6-4-3-5-7-12/h3-7,14-15,17,19H,8-10H2,1-2H3,(H,25,26). The molecule has 3 heterocycles. The monoisotopic (exact) mass is 386 g/mol. The molecule has 3 aliphatic heterocycles. The summed E-state index contributed by atoms with van der Waals surface area (Å²) in [5.74, 6) is -1.31. The van der Waals surface area contributed by atoms with Crippen LogP contribution in [0.15, 0.2) is 35.4 Å². The molecule has 0 spiro atoms. The minimum Gasteiger partial charge on any atom is -0.480 e. The van der Waals surface area contributed by atoms with Gasteiger partial charge in [-0.05, 0) is 12.5 Å². The van der Waals surface area contributed by atoms with Crippen molar-refractivity contribution in [1.82, 2.24) is 25.0 Å². The lowest BCUT2D eigenvalue weighted by Gasteiger charge is -2.42. The number of nitrogens with zero attached hydrogens (tertiary/aromatic N) is 5. The number of hydrogen-bond acceptors (Lipinski definition) is 7. The number of fused-ring (bicyclic) bond motifs is 3. The topological polar surface area (TPSA) is 109 Å². The molecule has 0 aromatic heterocycles. The Morgan fingerprint density at radius 1 is 1.29 bits per heavy atom. The number of carbonyl (C=O) groups excluding carboxylic acids is 2. The molecule has 3 aliphatic rings. The molecule has 1 aromatic carbocycles. The Bertz CT molecular complexity index is 844. The van der Waals surface area contributed by atoms with E-state index in [4.69, 9.17) is 0 Å². The number of carboxylic acids is 1. The molecule has 28 heavy (non-hydrogen) atoms. The number of imide groups is 1. The molecule has 10 heteroatoms. The van der Waals surface area contributed by atoms with Crippen LogP contribution < -0.4 is 5.32 Å². The first-order chi connectivity index (χ1) is 13.4. The zero-order chi connectivity index (χ0) is 20.0. The lowest BCUT2D eigenvalue weighted by Crippen LogP contribution is -2.66. The van der Waals surface area contributed by atoms with Crippen molar-refractivity contribution < 1.29 is 19.5 Å². The number of hydrogen-bond donors (Lipinski definition) is 2. The van der Waals surface area contributed by atoms with Crippen molar-refractivity contribution in [3.8, 4) is 0 Å². The number of carboxylic acid groups (broad SMARTS) is 1. The van der Waals surface area contributed by atoms with E-state index in [0.29, 0.717) is 12.3 Å². The summed E-state index contributed by atoms with van der Waals surface area (Å²) in [6.07, 6.45) is -1.11. The van der Waals surface area contributed by atoms with Crippen molar-refractivity contribution in [1.29, 1.82) is 0 Å². The SMILES string of the molecule is CC1=NN(CC(=O)O)C2NC3C(C(=O)N(Cc4ccccc4)C(=O)N3C)N2C1. The van der Waals surface area contributed by atoms with Gasteiger partial charge in [-0.3, -0.25) is 24.8 Å². The number of aliphatic carboxylic acids is 1. The van der Waals surface area contributed by atoms with Crippen molar-refractivity contribution in [3.63, 3.8) is 0 Å². The van der Waals surface area contributed by atoms with Gasteiger partial charge in [0.05, 0.1) is 6.54 Å². The van der Waals surface area contributed by atoms with Gasteiger partial charge in [-0.25, -0.2) is 9.69 Å². The molecule has 3 atom stereocenters. The van der Waals surface area contributed by atoms with Gasteiger partial charge in [0, 0.05) is 19.3 Å². The van der Waals surface area contributed by atoms with E-state index in [2.05, 4.69) is 10.4 Å². The maximum atomic E-state index is 13.3. The van der Waals surface area contributed by atoms with Gasteiger partial charge >= 0.3 is 12.0 Å². The summed E-state index contributed by atoms with van der Waals surface area (Å²) in [6.45, 7) is 2.10. The highest BCUT2D eigenvalue weighted by Crippen LogP contribution is 2.30. The fraction of sp³-hybridized carbons (Fsp3) is 0.444. The van der Waals surface area contributed by atoms with E-state index < -0.39 is 24.5 Å². The predicted molar refractivity (Wildman–Crippen MR) is 98.8 cm³/mol. The van der Waals surface area contributed by atoms with E-state index in [1.807, 2.05) is 35.2 Å². The third kappa shape index (κ3) is 3.00. The first kappa shape index (κ1) is 18.4. The van der Waals surface area contributed by atoms with Crippen LogP contribution in [0.4, 0.5) is 4.79 Å². The summed E-state index contributed by atoms with van der Waals surface area (Å²) in [7, 11) is 1.64. The molecule has 3 amide bonds. The van der Waals surface area contributed by atoms with Crippen molar-refractivity contribution in [2.24, 2.45) is 5.10 Å². The summed E-state index contributed by atoms with van der Waals surface area (Å²) in [4.78, 5) is 42.0. The van der Waals surface area contributed by atoms with Gasteiger partial charge in [0.1, 0.15) is 18.8 Å². The number of amides is 3. The second-order valence-electron chi connectivity index (χ2n) is 7.23. The second-order valence-corrected chi connectivity index (χ2v) is 7.23. The fourth-order valence-electron chi connectivity index (χ4n) is 4.02. The quantitative estimate of drug-likeness (QED) is 0.734. The molecule has 4 rings (SSSR count). The van der Waals surface area contributed by atoms with Gasteiger partial charge in [0.15, 0.2) is 6.29 Å². The summed E-state index contributed by atoms with van der Waals surface area (Å²) >= 11 is 0. The number of benzene rings is 1. The van der Waals surface area contributed by atoms with Gasteiger partial charge < -0.3 is 10.0 Å². The summed E-state index contributed by atoms with van der Waals surface area (Å²) < 4.78 is 0. The first-order valence-corrected chi connectivity index (χ1v) is 9.03. The average molecular weight is 386 g/mol. The highest BCUT2D eigenvalue weighted by Gasteiger charge is 2.56. The Hall–Kier alpha value is -2.98. The van der Waals surface area contributed by atoms with E-state index in [9.17, 15) is 19.5 Å². The van der Waals surface area contributed by atoms with Crippen LogP contribution in [-0.2, 0) is 16.1 Å². The largest absolute Gasteiger partial charge is 0.480 e. The highest BCUT2D eigenvalue weighted by molar-refractivity contribution is 6.01. The van der Waals surface area contributed by atoms with E-state index in [1.54, 1.807) is 14.0 Å². The molecule has 0 bridgehead atoms. The van der Waals surface area contributed by atoms with Crippen LogP contribution in [0.25, 0.3) is 0 Å². The first-order valence-electron chi connectivity index (χ1n) is 9.03. The Morgan fingerprint density at radius 2 is 2.00 bits per heavy atom. The molecule has 0 radical (unpaired) electrons. The van der Waals surface area contributed by atoms with Crippen molar-refractivity contribution in [2.45, 2.75) is 32.0 Å². The lowest BCUT2D eigenvalue weighted by molar-refractivity contribution is -0.141. The molecule has 1 aromatic rings. The molecular weight excluding hydrogens is 364 g/mol. The number of urea groups is 1. The van der Waals surface area contributed by atoms with Crippen LogP contribution >= 0.6 is 0 Å². The normalized spacial score (nSPS) is 27.6. The third-order valence-corrected chi connectivity index (χ3v) is 5.23. The molecule has 3 unspecified atom stereocenters. The van der Waals surface area contributed by atoms with Crippen molar-refractivity contribution in [2.75, 3.05) is 20.1 Å². The minimum atomic E-state index is -1.02. The fourth-order valence-corrected chi connectivity index (χ4v) is 4.02. The Morgan fingerprint density at radius 3 is 2.68 bits per heavy atom.